The minimum Gasteiger partial charge on any atom is -0.435 e. The van der Waals surface area contributed by atoms with Gasteiger partial charge in [0.25, 0.3) is 0 Å². The van der Waals surface area contributed by atoms with E-state index in [-0.39, 0.29) is 41.9 Å². The number of rotatable bonds is 6. The van der Waals surface area contributed by atoms with E-state index in [0.717, 1.165) is 0 Å². The van der Waals surface area contributed by atoms with Crippen LogP contribution in [-0.2, 0) is 22.3 Å². The summed E-state index contributed by atoms with van der Waals surface area (Å²) in [5, 5.41) is 2.25. The van der Waals surface area contributed by atoms with Crippen molar-refractivity contribution in [3.63, 3.8) is 0 Å². The third kappa shape index (κ3) is 5.60. The molecule has 1 N–H and O–H groups in total. The van der Waals surface area contributed by atoms with Crippen molar-refractivity contribution in [1.29, 1.82) is 0 Å². The van der Waals surface area contributed by atoms with Gasteiger partial charge in [-0.2, -0.15) is 22.0 Å². The number of nitrogens with zero attached hydrogens (tertiary/aromatic N) is 2. The number of carbonyl (C=O) groups is 2. The summed E-state index contributed by atoms with van der Waals surface area (Å²) in [5.41, 5.74) is -0.672. The predicted octanol–water partition coefficient (Wildman–Crippen LogP) is 4.02. The van der Waals surface area contributed by atoms with Crippen LogP contribution in [0.15, 0.2) is 36.5 Å². The van der Waals surface area contributed by atoms with E-state index in [1.165, 1.54) is 29.2 Å². The van der Waals surface area contributed by atoms with Crippen molar-refractivity contribution in [3.8, 4) is 5.75 Å². The molecule has 12 heteroatoms. The van der Waals surface area contributed by atoms with E-state index in [4.69, 9.17) is 11.6 Å². The molecule has 31 heavy (non-hydrogen) atoms. The maximum atomic E-state index is 12.7. The number of anilines is 1. The second-order valence-corrected chi connectivity index (χ2v) is 7.06. The van der Waals surface area contributed by atoms with Gasteiger partial charge in [0.2, 0.25) is 11.8 Å². The second kappa shape index (κ2) is 9.04. The Morgan fingerprint density at radius 3 is 2.71 bits per heavy atom. The van der Waals surface area contributed by atoms with E-state index in [1.807, 2.05) is 0 Å². The summed E-state index contributed by atoms with van der Waals surface area (Å²) in [5.74, 6) is -1.79. The number of ether oxygens (including phenoxy) is 1. The van der Waals surface area contributed by atoms with Gasteiger partial charge in [0.15, 0.2) is 0 Å². The van der Waals surface area contributed by atoms with Crippen LogP contribution in [-0.4, -0.2) is 30.0 Å². The van der Waals surface area contributed by atoms with E-state index in [1.54, 1.807) is 0 Å². The smallest absolute Gasteiger partial charge is 0.417 e. The van der Waals surface area contributed by atoms with Gasteiger partial charge in [0, 0.05) is 30.9 Å². The molecule has 0 saturated carbocycles. The number of benzene rings is 1. The molecule has 2 aromatic rings. The quantitative estimate of drug-likeness (QED) is 0.657. The normalized spacial score (nSPS) is 16.7. The van der Waals surface area contributed by atoms with Gasteiger partial charge in [-0.3, -0.25) is 14.6 Å². The van der Waals surface area contributed by atoms with Gasteiger partial charge in [-0.1, -0.05) is 17.7 Å². The fourth-order valence-corrected chi connectivity index (χ4v) is 3.26. The lowest BCUT2D eigenvalue weighted by atomic mass is 10.1. The number of hydrogen-bond donors (Lipinski definition) is 1. The lowest BCUT2D eigenvalue weighted by Gasteiger charge is -2.18. The Hall–Kier alpha value is -2.95. The molecular formula is C19H15ClF5N3O3. The van der Waals surface area contributed by atoms with Gasteiger partial charge < -0.3 is 15.0 Å². The van der Waals surface area contributed by atoms with Gasteiger partial charge in [0.05, 0.1) is 28.7 Å². The average molecular weight is 464 g/mol. The Morgan fingerprint density at radius 1 is 1.32 bits per heavy atom. The molecule has 1 aromatic carbocycles. The average Bonchev–Trinajstić information content (AvgIpc) is 3.07. The highest BCUT2D eigenvalue weighted by Gasteiger charge is 2.35. The second-order valence-electron chi connectivity index (χ2n) is 6.65. The van der Waals surface area contributed by atoms with Crippen molar-refractivity contribution >= 4 is 29.1 Å². The molecule has 0 aliphatic carbocycles. The first-order valence-electron chi connectivity index (χ1n) is 8.89. The molecule has 6 nitrogen and oxygen atoms in total. The fraction of sp³-hybridized carbons (Fsp3) is 0.316. The highest BCUT2D eigenvalue weighted by Crippen LogP contribution is 2.31. The standard InChI is InChI=1S/C19H15ClF5N3O3/c20-14-5-11(19(23,24)25)7-26-15(14)8-27-17(30)10-4-16(29)28(9-10)12-2-1-3-13(6-12)31-18(21)22/h1-3,5-7,10,18H,4,8-9H2,(H,27,30). The number of pyridine rings is 1. The van der Waals surface area contributed by atoms with Gasteiger partial charge >= 0.3 is 12.8 Å². The number of amides is 2. The van der Waals surface area contributed by atoms with Crippen molar-refractivity contribution in [1.82, 2.24) is 10.3 Å². The maximum Gasteiger partial charge on any atom is 0.417 e. The van der Waals surface area contributed by atoms with E-state index < -0.39 is 30.2 Å². The zero-order valence-electron chi connectivity index (χ0n) is 15.6. The summed E-state index contributed by atoms with van der Waals surface area (Å²) >= 11 is 5.81. The van der Waals surface area contributed by atoms with Crippen molar-refractivity contribution in [2.75, 3.05) is 11.4 Å². The molecule has 1 aliphatic rings. The van der Waals surface area contributed by atoms with Gasteiger partial charge in [-0.05, 0) is 18.2 Å². The summed E-state index contributed by atoms with van der Waals surface area (Å²) < 4.78 is 67.1. The molecule has 0 radical (unpaired) electrons. The highest BCUT2D eigenvalue weighted by molar-refractivity contribution is 6.31. The third-order valence-corrected chi connectivity index (χ3v) is 4.85. The molecule has 0 spiro atoms. The Labute approximate surface area is 177 Å². The summed E-state index contributed by atoms with van der Waals surface area (Å²) in [6.45, 7) is -3.25. The van der Waals surface area contributed by atoms with Crippen LogP contribution in [0.1, 0.15) is 17.7 Å². The van der Waals surface area contributed by atoms with Crippen molar-refractivity contribution in [2.45, 2.75) is 25.8 Å². The fourth-order valence-electron chi connectivity index (χ4n) is 3.03. The van der Waals surface area contributed by atoms with Crippen LogP contribution < -0.4 is 15.0 Å². The Balaban J connectivity index is 1.62. The molecule has 1 fully saturated rings. The largest absolute Gasteiger partial charge is 0.435 e. The SMILES string of the molecule is O=C(NCc1ncc(C(F)(F)F)cc1Cl)C1CC(=O)N(c2cccc(OC(F)F)c2)C1. The zero-order chi connectivity index (χ0) is 22.8. The first-order chi connectivity index (χ1) is 14.5. The monoisotopic (exact) mass is 463 g/mol. The Morgan fingerprint density at radius 2 is 2.06 bits per heavy atom. The highest BCUT2D eigenvalue weighted by atomic mass is 35.5. The van der Waals surface area contributed by atoms with E-state index >= 15 is 0 Å². The number of nitrogens with one attached hydrogen (secondary N) is 1. The molecule has 1 unspecified atom stereocenters. The maximum absolute atomic E-state index is 12.7. The molecule has 0 bridgehead atoms. The van der Waals surface area contributed by atoms with Crippen LogP contribution in [0.2, 0.25) is 5.02 Å². The molecule has 2 heterocycles. The third-order valence-electron chi connectivity index (χ3n) is 4.53. The molecule has 166 valence electrons. The van der Waals surface area contributed by atoms with Gasteiger partial charge in [-0.15, -0.1) is 0 Å². The number of aromatic nitrogens is 1. The predicted molar refractivity (Wildman–Crippen MR) is 99.6 cm³/mol. The van der Waals surface area contributed by atoms with Crippen LogP contribution in [0.4, 0.5) is 27.6 Å². The number of alkyl halides is 5. The van der Waals surface area contributed by atoms with Crippen molar-refractivity contribution in [2.24, 2.45) is 5.92 Å². The molecule has 3 rings (SSSR count). The van der Waals surface area contributed by atoms with Crippen LogP contribution in [0.5, 0.6) is 5.75 Å². The van der Waals surface area contributed by atoms with E-state index in [0.29, 0.717) is 18.0 Å². The summed E-state index contributed by atoms with van der Waals surface area (Å²) in [7, 11) is 0. The van der Waals surface area contributed by atoms with Crippen molar-refractivity contribution in [3.05, 3.63) is 52.8 Å². The molecule has 1 aliphatic heterocycles. The number of carbonyl (C=O) groups excluding carboxylic acids is 2. The molecular weight excluding hydrogens is 449 g/mol. The zero-order valence-corrected chi connectivity index (χ0v) is 16.4. The Kier molecular flexibility index (Phi) is 6.63. The van der Waals surface area contributed by atoms with Gasteiger partial charge in [-0.25, -0.2) is 0 Å². The van der Waals surface area contributed by atoms with Gasteiger partial charge in [0.1, 0.15) is 5.75 Å². The summed E-state index contributed by atoms with van der Waals surface area (Å²) in [4.78, 5) is 29.6. The van der Waals surface area contributed by atoms with Crippen LogP contribution in [0.3, 0.4) is 0 Å². The first kappa shape index (κ1) is 22.7. The molecule has 1 saturated heterocycles. The topological polar surface area (TPSA) is 71.5 Å². The van der Waals surface area contributed by atoms with Crippen LogP contribution in [0, 0.1) is 5.92 Å². The number of hydrogen-bond acceptors (Lipinski definition) is 4. The van der Waals surface area contributed by atoms with Crippen molar-refractivity contribution < 1.29 is 36.3 Å². The lowest BCUT2D eigenvalue weighted by Crippen LogP contribution is -2.33. The molecule has 2 amide bonds. The molecule has 1 aromatic heterocycles. The minimum absolute atomic E-state index is 0.00301. The summed E-state index contributed by atoms with van der Waals surface area (Å²) in [6, 6.07) is 6.23. The van der Waals surface area contributed by atoms with E-state index in [9.17, 15) is 31.5 Å². The lowest BCUT2D eigenvalue weighted by molar-refractivity contribution is -0.137. The number of halogens is 6. The Bertz CT molecular complexity index is 987. The van der Waals surface area contributed by atoms with E-state index in [2.05, 4.69) is 15.0 Å². The molecule has 1 atom stereocenters. The first-order valence-corrected chi connectivity index (χ1v) is 9.27. The van der Waals surface area contributed by atoms with Crippen LogP contribution >= 0.6 is 11.6 Å². The summed E-state index contributed by atoms with van der Waals surface area (Å²) in [6.07, 6.45) is -4.10. The van der Waals surface area contributed by atoms with Crippen LogP contribution in [0.25, 0.3) is 0 Å². The minimum atomic E-state index is -4.59.